The molecule has 3 N–H and O–H groups in total. The molecule has 0 aliphatic heterocycles. The van der Waals surface area contributed by atoms with Gasteiger partial charge in [-0.15, -0.1) is 0 Å². The number of hydrogen-bond acceptors (Lipinski definition) is 4. The van der Waals surface area contributed by atoms with Crippen LogP contribution in [0.15, 0.2) is 36.5 Å². The summed E-state index contributed by atoms with van der Waals surface area (Å²) in [4.78, 5) is 19.7. The lowest BCUT2D eigenvalue weighted by Gasteiger charge is -2.06. The van der Waals surface area contributed by atoms with Gasteiger partial charge < -0.3 is 5.73 Å². The van der Waals surface area contributed by atoms with Crippen molar-refractivity contribution >= 4 is 16.8 Å². The summed E-state index contributed by atoms with van der Waals surface area (Å²) in [5, 5.41) is 1.07. The van der Waals surface area contributed by atoms with E-state index in [1.165, 1.54) is 0 Å². The van der Waals surface area contributed by atoms with E-state index in [0.717, 1.165) is 16.5 Å². The van der Waals surface area contributed by atoms with Crippen LogP contribution in [0.2, 0.25) is 0 Å². The van der Waals surface area contributed by atoms with Gasteiger partial charge in [0.25, 0.3) is 0 Å². The van der Waals surface area contributed by atoms with E-state index in [-0.39, 0.29) is 6.61 Å². The largest absolute Gasteiger partial charge is 0.368 e. The van der Waals surface area contributed by atoms with E-state index in [9.17, 15) is 4.79 Å². The highest BCUT2D eigenvalue weighted by Crippen LogP contribution is 2.15. The minimum absolute atomic E-state index is 0.141. The van der Waals surface area contributed by atoms with E-state index >= 15 is 0 Å². The Kier molecular flexibility index (Phi) is 3.64. The summed E-state index contributed by atoms with van der Waals surface area (Å²) in [6.07, 6.45) is 1.75. The predicted octanol–water partition coefficient (Wildman–Crippen LogP) is 0.741. The Hall–Kier alpha value is -1.98. The molecule has 17 heavy (non-hydrogen) atoms. The van der Waals surface area contributed by atoms with E-state index in [1.54, 1.807) is 6.20 Å². The first-order valence-corrected chi connectivity index (χ1v) is 5.23. The van der Waals surface area contributed by atoms with Gasteiger partial charge in [0.1, 0.15) is 6.61 Å². The average molecular weight is 231 g/mol. The van der Waals surface area contributed by atoms with Crippen molar-refractivity contribution in [3.8, 4) is 0 Å². The molecule has 0 atom stereocenters. The summed E-state index contributed by atoms with van der Waals surface area (Å²) in [5.41, 5.74) is 9.56. The van der Waals surface area contributed by atoms with E-state index in [4.69, 9.17) is 10.6 Å². The molecule has 0 aliphatic rings. The predicted molar refractivity (Wildman–Crippen MR) is 63.7 cm³/mol. The SMILES string of the molecule is NC(=O)CONCc1cccc2cccnc12. The Morgan fingerprint density at radius 2 is 2.18 bits per heavy atom. The first kappa shape index (κ1) is 11.5. The van der Waals surface area contributed by atoms with Crippen LogP contribution < -0.4 is 11.2 Å². The highest BCUT2D eigenvalue weighted by Gasteiger charge is 2.01. The van der Waals surface area contributed by atoms with Gasteiger partial charge in [-0.25, -0.2) is 0 Å². The maximum absolute atomic E-state index is 10.5. The van der Waals surface area contributed by atoms with Gasteiger partial charge in [0.05, 0.1) is 5.52 Å². The van der Waals surface area contributed by atoms with Crippen LogP contribution in [0, 0.1) is 0 Å². The summed E-state index contributed by atoms with van der Waals surface area (Å²) in [6.45, 7) is 0.333. The molecule has 0 spiro atoms. The third-order valence-electron chi connectivity index (χ3n) is 2.30. The lowest BCUT2D eigenvalue weighted by Crippen LogP contribution is -2.24. The van der Waals surface area contributed by atoms with Gasteiger partial charge in [0.2, 0.25) is 5.91 Å². The van der Waals surface area contributed by atoms with Crippen LogP contribution in [-0.4, -0.2) is 17.5 Å². The molecule has 2 aromatic rings. The second kappa shape index (κ2) is 5.38. The van der Waals surface area contributed by atoms with Gasteiger partial charge in [-0.05, 0) is 11.6 Å². The molecule has 0 fully saturated rings. The van der Waals surface area contributed by atoms with Gasteiger partial charge in [-0.2, -0.15) is 5.48 Å². The van der Waals surface area contributed by atoms with Gasteiger partial charge in [0.15, 0.2) is 0 Å². The third kappa shape index (κ3) is 2.99. The second-order valence-electron chi connectivity index (χ2n) is 3.57. The molecule has 5 nitrogen and oxygen atoms in total. The zero-order valence-corrected chi connectivity index (χ0v) is 9.22. The van der Waals surface area contributed by atoms with Crippen molar-refractivity contribution in [3.63, 3.8) is 0 Å². The molecule has 0 aliphatic carbocycles. The van der Waals surface area contributed by atoms with E-state index < -0.39 is 5.91 Å². The van der Waals surface area contributed by atoms with Crippen LogP contribution in [0.1, 0.15) is 5.56 Å². The molecule has 1 amide bonds. The number of pyridine rings is 1. The van der Waals surface area contributed by atoms with Crippen LogP contribution in [0.4, 0.5) is 0 Å². The molecule has 2 rings (SSSR count). The van der Waals surface area contributed by atoms with Crippen LogP contribution in [0.3, 0.4) is 0 Å². The Morgan fingerprint density at radius 3 is 3.00 bits per heavy atom. The molecule has 0 saturated heterocycles. The number of hydrogen-bond donors (Lipinski definition) is 2. The van der Waals surface area contributed by atoms with Crippen molar-refractivity contribution in [2.45, 2.75) is 6.54 Å². The first-order chi connectivity index (χ1) is 8.27. The summed E-state index contributed by atoms with van der Waals surface area (Å²) < 4.78 is 0. The zero-order chi connectivity index (χ0) is 12.1. The number of para-hydroxylation sites is 1. The van der Waals surface area contributed by atoms with Gasteiger partial charge in [-0.3, -0.25) is 14.6 Å². The molecule has 1 heterocycles. The standard InChI is InChI=1S/C12H13N3O2/c13-11(16)8-17-15-7-10-4-1-3-9-5-2-6-14-12(9)10/h1-6,15H,7-8H2,(H2,13,16). The molecule has 0 saturated carbocycles. The fraction of sp³-hybridized carbons (Fsp3) is 0.167. The quantitative estimate of drug-likeness (QED) is 0.587. The molecule has 0 unspecified atom stereocenters. The van der Waals surface area contributed by atoms with Crippen LogP contribution in [0.5, 0.6) is 0 Å². The number of nitrogens with zero attached hydrogens (tertiary/aromatic N) is 1. The van der Waals surface area contributed by atoms with E-state index in [2.05, 4.69) is 10.5 Å². The minimum atomic E-state index is -0.506. The summed E-state index contributed by atoms with van der Waals surface area (Å²) in [6, 6.07) is 9.79. The fourth-order valence-corrected chi connectivity index (χ4v) is 1.56. The highest BCUT2D eigenvalue weighted by molar-refractivity contribution is 5.81. The molecular weight excluding hydrogens is 218 g/mol. The smallest absolute Gasteiger partial charge is 0.245 e. The van der Waals surface area contributed by atoms with E-state index in [0.29, 0.717) is 6.54 Å². The Morgan fingerprint density at radius 1 is 1.35 bits per heavy atom. The van der Waals surface area contributed by atoms with Gasteiger partial charge in [0, 0.05) is 18.1 Å². The van der Waals surface area contributed by atoms with E-state index in [1.807, 2.05) is 30.3 Å². The van der Waals surface area contributed by atoms with Crippen molar-refractivity contribution in [3.05, 3.63) is 42.1 Å². The normalized spacial score (nSPS) is 10.6. The molecular formula is C12H13N3O2. The lowest BCUT2D eigenvalue weighted by molar-refractivity contribution is -0.125. The monoisotopic (exact) mass is 231 g/mol. The van der Waals surface area contributed by atoms with Crippen molar-refractivity contribution in [2.75, 3.05) is 6.61 Å². The first-order valence-electron chi connectivity index (χ1n) is 5.23. The number of nitrogens with one attached hydrogen (secondary N) is 1. The number of hydroxylamine groups is 1. The number of carbonyl (C=O) groups is 1. The third-order valence-corrected chi connectivity index (χ3v) is 2.30. The Bertz CT molecular complexity index is 523. The van der Waals surface area contributed by atoms with Gasteiger partial charge in [-0.1, -0.05) is 24.3 Å². The number of fused-ring (bicyclic) bond motifs is 1. The molecule has 0 bridgehead atoms. The highest BCUT2D eigenvalue weighted by atomic mass is 16.6. The number of primary amides is 1. The average Bonchev–Trinajstić information content (AvgIpc) is 2.34. The number of nitrogens with two attached hydrogens (primary N) is 1. The summed E-state index contributed by atoms with van der Waals surface area (Å²) in [5.74, 6) is -0.506. The van der Waals surface area contributed by atoms with Crippen LogP contribution >= 0.6 is 0 Å². The maximum Gasteiger partial charge on any atom is 0.245 e. The van der Waals surface area contributed by atoms with Crippen molar-refractivity contribution < 1.29 is 9.63 Å². The maximum atomic E-state index is 10.5. The van der Waals surface area contributed by atoms with Crippen molar-refractivity contribution in [2.24, 2.45) is 5.73 Å². The molecule has 88 valence electrons. The van der Waals surface area contributed by atoms with Crippen LogP contribution in [0.25, 0.3) is 10.9 Å². The molecule has 1 aromatic carbocycles. The van der Waals surface area contributed by atoms with Crippen LogP contribution in [-0.2, 0) is 16.2 Å². The summed E-state index contributed by atoms with van der Waals surface area (Å²) >= 11 is 0. The van der Waals surface area contributed by atoms with Crippen molar-refractivity contribution in [1.29, 1.82) is 0 Å². The Labute approximate surface area is 98.5 Å². The summed E-state index contributed by atoms with van der Waals surface area (Å²) in [7, 11) is 0. The molecule has 0 radical (unpaired) electrons. The number of carbonyl (C=O) groups excluding carboxylic acids is 1. The minimum Gasteiger partial charge on any atom is -0.368 e. The van der Waals surface area contributed by atoms with Gasteiger partial charge >= 0.3 is 0 Å². The van der Waals surface area contributed by atoms with Crippen molar-refractivity contribution in [1.82, 2.24) is 10.5 Å². The topological polar surface area (TPSA) is 77.2 Å². The number of amides is 1. The molecule has 1 aromatic heterocycles. The second-order valence-corrected chi connectivity index (χ2v) is 3.57. The fourth-order valence-electron chi connectivity index (χ4n) is 1.56. The lowest BCUT2D eigenvalue weighted by atomic mass is 10.1. The number of aromatic nitrogens is 1. The number of rotatable bonds is 5. The zero-order valence-electron chi connectivity index (χ0n) is 9.22. The Balaban J connectivity index is 2.05. The molecule has 5 heteroatoms. The number of benzene rings is 1.